The van der Waals surface area contributed by atoms with Crippen molar-refractivity contribution in [2.45, 2.75) is 32.5 Å². The summed E-state index contributed by atoms with van der Waals surface area (Å²) >= 11 is 0. The van der Waals surface area contributed by atoms with Crippen LogP contribution in [-0.2, 0) is 33.8 Å². The molecule has 1 aromatic heterocycles. The number of para-hydroxylation sites is 1. The second-order valence-electron chi connectivity index (χ2n) is 7.04. The summed E-state index contributed by atoms with van der Waals surface area (Å²) in [4.78, 5) is 27.1. The molecule has 29 heavy (non-hydrogen) atoms. The van der Waals surface area contributed by atoms with Gasteiger partial charge in [-0.15, -0.1) is 0 Å². The highest BCUT2D eigenvalue weighted by molar-refractivity contribution is 5.96. The van der Waals surface area contributed by atoms with E-state index in [1.54, 1.807) is 6.92 Å². The number of esters is 2. The number of rotatable bonds is 5. The first-order valence-electron chi connectivity index (χ1n) is 9.68. The van der Waals surface area contributed by atoms with Crippen LogP contribution in [0, 0.1) is 0 Å². The van der Waals surface area contributed by atoms with Crippen LogP contribution in [0.3, 0.4) is 0 Å². The highest BCUT2D eigenvalue weighted by atomic mass is 16.5. The van der Waals surface area contributed by atoms with Crippen LogP contribution >= 0.6 is 0 Å². The summed E-state index contributed by atoms with van der Waals surface area (Å²) in [5, 5.41) is 0.845. The Hall–Kier alpha value is -3.12. The van der Waals surface area contributed by atoms with E-state index in [2.05, 4.69) is 6.07 Å². The summed E-state index contributed by atoms with van der Waals surface area (Å²) in [6.07, 6.45) is 0.563. The van der Waals surface area contributed by atoms with E-state index < -0.39 is 12.0 Å². The van der Waals surface area contributed by atoms with Crippen molar-refractivity contribution in [1.82, 2.24) is 4.90 Å². The topological polar surface area (TPSA) is 69.0 Å². The van der Waals surface area contributed by atoms with Crippen LogP contribution < -0.4 is 0 Å². The second kappa shape index (κ2) is 8.09. The molecule has 0 saturated heterocycles. The molecule has 0 amide bonds. The van der Waals surface area contributed by atoms with E-state index in [9.17, 15) is 9.59 Å². The number of ether oxygens (including phenoxy) is 2. The van der Waals surface area contributed by atoms with Crippen molar-refractivity contribution in [1.29, 1.82) is 0 Å². The lowest BCUT2D eigenvalue weighted by Crippen LogP contribution is -2.45. The van der Waals surface area contributed by atoms with Gasteiger partial charge in [-0.25, -0.2) is 4.79 Å². The Balaban J connectivity index is 1.75. The van der Waals surface area contributed by atoms with Crippen molar-refractivity contribution < 1.29 is 23.5 Å². The molecule has 1 aliphatic rings. The predicted molar refractivity (Wildman–Crippen MR) is 107 cm³/mol. The standard InChI is InChI=1S/C23H23NO5/c1-3-28-23(26)21-18(17-10-6-7-11-20(17)29-21)14-24-13-16-9-5-4-8-15(16)12-19(24)22(25)27-2/h4-11,19H,3,12-14H2,1-2H3/t19-/m0/s1. The van der Waals surface area contributed by atoms with Gasteiger partial charge in [0.15, 0.2) is 0 Å². The van der Waals surface area contributed by atoms with Crippen molar-refractivity contribution in [2.24, 2.45) is 0 Å². The van der Waals surface area contributed by atoms with Crippen molar-refractivity contribution in [2.75, 3.05) is 13.7 Å². The Labute approximate surface area is 169 Å². The molecule has 2 heterocycles. The average Bonchev–Trinajstić information content (AvgIpc) is 3.11. The van der Waals surface area contributed by atoms with E-state index in [-0.39, 0.29) is 18.3 Å². The molecular weight excluding hydrogens is 370 g/mol. The molecule has 3 aromatic rings. The van der Waals surface area contributed by atoms with Gasteiger partial charge in [-0.3, -0.25) is 9.69 Å². The maximum Gasteiger partial charge on any atom is 0.374 e. The van der Waals surface area contributed by atoms with E-state index >= 15 is 0 Å². The smallest absolute Gasteiger partial charge is 0.374 e. The van der Waals surface area contributed by atoms with Crippen molar-refractivity contribution >= 4 is 22.9 Å². The van der Waals surface area contributed by atoms with Crippen molar-refractivity contribution in [3.63, 3.8) is 0 Å². The predicted octanol–water partition coefficient (Wildman–Crippen LogP) is 3.71. The molecule has 150 valence electrons. The summed E-state index contributed by atoms with van der Waals surface area (Å²) in [6, 6.07) is 15.2. The van der Waals surface area contributed by atoms with Gasteiger partial charge in [0, 0.05) is 24.0 Å². The Morgan fingerprint density at radius 2 is 1.83 bits per heavy atom. The van der Waals surface area contributed by atoms with E-state index in [1.165, 1.54) is 7.11 Å². The summed E-state index contributed by atoms with van der Waals surface area (Å²) in [5.74, 6) is -0.591. The molecule has 0 aliphatic carbocycles. The van der Waals surface area contributed by atoms with E-state index in [0.29, 0.717) is 25.1 Å². The molecule has 4 rings (SSSR count). The zero-order valence-corrected chi connectivity index (χ0v) is 16.5. The number of nitrogens with zero attached hydrogens (tertiary/aromatic N) is 1. The van der Waals surface area contributed by atoms with Crippen LogP contribution in [0.1, 0.15) is 34.2 Å². The summed E-state index contributed by atoms with van der Waals surface area (Å²) in [6.45, 7) is 2.98. The Kier molecular flexibility index (Phi) is 5.36. The van der Waals surface area contributed by atoms with E-state index in [1.807, 2.05) is 47.4 Å². The molecule has 0 spiro atoms. The average molecular weight is 393 g/mol. The van der Waals surface area contributed by atoms with Crippen LogP contribution in [-0.4, -0.2) is 36.6 Å². The van der Waals surface area contributed by atoms with Crippen LogP contribution in [0.4, 0.5) is 0 Å². The monoisotopic (exact) mass is 393 g/mol. The number of carbonyl (C=O) groups is 2. The van der Waals surface area contributed by atoms with Gasteiger partial charge in [0.2, 0.25) is 5.76 Å². The third kappa shape index (κ3) is 3.63. The van der Waals surface area contributed by atoms with Crippen LogP contribution in [0.25, 0.3) is 11.0 Å². The number of methoxy groups -OCH3 is 1. The van der Waals surface area contributed by atoms with Gasteiger partial charge in [0.05, 0.1) is 13.7 Å². The molecule has 0 radical (unpaired) electrons. The van der Waals surface area contributed by atoms with Crippen LogP contribution in [0.2, 0.25) is 0 Å². The zero-order chi connectivity index (χ0) is 20.4. The number of hydrogen-bond acceptors (Lipinski definition) is 6. The van der Waals surface area contributed by atoms with Gasteiger partial charge in [0.1, 0.15) is 11.6 Å². The fourth-order valence-corrected chi connectivity index (χ4v) is 3.93. The molecule has 1 aliphatic heterocycles. The number of fused-ring (bicyclic) bond motifs is 2. The molecule has 6 heteroatoms. The first-order valence-corrected chi connectivity index (χ1v) is 9.68. The van der Waals surface area contributed by atoms with Gasteiger partial charge in [-0.2, -0.15) is 0 Å². The maximum absolute atomic E-state index is 12.5. The van der Waals surface area contributed by atoms with Crippen LogP contribution in [0.15, 0.2) is 52.9 Å². The molecule has 0 bridgehead atoms. The summed E-state index contributed by atoms with van der Waals surface area (Å²) < 4.78 is 16.1. The minimum Gasteiger partial charge on any atom is -0.468 e. The third-order valence-electron chi connectivity index (χ3n) is 5.34. The second-order valence-corrected chi connectivity index (χ2v) is 7.04. The fraction of sp³-hybridized carbons (Fsp3) is 0.304. The Morgan fingerprint density at radius 3 is 2.59 bits per heavy atom. The molecular formula is C23H23NO5. The molecule has 0 unspecified atom stereocenters. The first-order chi connectivity index (χ1) is 14.1. The Bertz CT molecular complexity index is 1050. The minimum atomic E-state index is -0.495. The van der Waals surface area contributed by atoms with Gasteiger partial charge >= 0.3 is 11.9 Å². The fourth-order valence-electron chi connectivity index (χ4n) is 3.93. The van der Waals surface area contributed by atoms with Gasteiger partial charge in [-0.05, 0) is 30.5 Å². The maximum atomic E-state index is 12.5. The number of furan rings is 1. The highest BCUT2D eigenvalue weighted by Crippen LogP contribution is 2.31. The molecule has 1 atom stereocenters. The normalized spacial score (nSPS) is 16.4. The largest absolute Gasteiger partial charge is 0.468 e. The number of carbonyl (C=O) groups excluding carboxylic acids is 2. The minimum absolute atomic E-state index is 0.190. The molecule has 6 nitrogen and oxygen atoms in total. The van der Waals surface area contributed by atoms with E-state index in [0.717, 1.165) is 22.1 Å². The number of hydrogen-bond donors (Lipinski definition) is 0. The number of benzene rings is 2. The Morgan fingerprint density at radius 1 is 1.10 bits per heavy atom. The highest BCUT2D eigenvalue weighted by Gasteiger charge is 2.34. The summed E-state index contributed by atoms with van der Waals surface area (Å²) in [5.41, 5.74) is 3.66. The molecule has 0 N–H and O–H groups in total. The SMILES string of the molecule is CCOC(=O)c1oc2ccccc2c1CN1Cc2ccccc2C[C@H]1C(=O)OC. The molecule has 2 aromatic carbocycles. The lowest BCUT2D eigenvalue weighted by molar-refractivity contribution is -0.148. The third-order valence-corrected chi connectivity index (χ3v) is 5.34. The van der Waals surface area contributed by atoms with Gasteiger partial charge in [0.25, 0.3) is 0 Å². The lowest BCUT2D eigenvalue weighted by atomic mass is 9.93. The van der Waals surface area contributed by atoms with Crippen molar-refractivity contribution in [3.05, 3.63) is 71.0 Å². The van der Waals surface area contributed by atoms with E-state index in [4.69, 9.17) is 13.9 Å². The van der Waals surface area contributed by atoms with Gasteiger partial charge in [-0.1, -0.05) is 42.5 Å². The lowest BCUT2D eigenvalue weighted by Gasteiger charge is -2.35. The van der Waals surface area contributed by atoms with Gasteiger partial charge < -0.3 is 13.9 Å². The molecule has 0 fully saturated rings. The van der Waals surface area contributed by atoms with Crippen LogP contribution in [0.5, 0.6) is 0 Å². The van der Waals surface area contributed by atoms with Crippen molar-refractivity contribution in [3.8, 4) is 0 Å². The molecule has 0 saturated carbocycles. The first kappa shape index (κ1) is 19.2. The zero-order valence-electron chi connectivity index (χ0n) is 16.5. The quantitative estimate of drug-likeness (QED) is 0.616. The summed E-state index contributed by atoms with van der Waals surface area (Å²) in [7, 11) is 1.40.